The number of likely N-dealkylation sites (N-methyl/N-ethyl adjacent to an activating group) is 1. The van der Waals surface area contributed by atoms with Crippen molar-refractivity contribution in [3.05, 3.63) is 29.8 Å². The number of aromatic hydroxyl groups is 1. The Morgan fingerprint density at radius 2 is 2.30 bits per heavy atom. The van der Waals surface area contributed by atoms with E-state index in [2.05, 4.69) is 5.32 Å². The van der Waals surface area contributed by atoms with Crippen LogP contribution in [0.2, 0.25) is 0 Å². The van der Waals surface area contributed by atoms with Crippen LogP contribution in [0.3, 0.4) is 0 Å². The lowest BCUT2D eigenvalue weighted by Gasteiger charge is -2.24. The Morgan fingerprint density at radius 1 is 1.50 bits per heavy atom. The van der Waals surface area contributed by atoms with Crippen molar-refractivity contribution in [3.8, 4) is 5.75 Å². The second-order valence-corrected chi connectivity index (χ2v) is 5.17. The monoisotopic (exact) mass is 278 g/mol. The summed E-state index contributed by atoms with van der Waals surface area (Å²) in [6.07, 6.45) is 0. The molecule has 0 saturated carbocycles. The molecule has 1 heterocycles. The molecule has 2 N–H and O–H groups in total. The molecule has 5 nitrogen and oxygen atoms in total. The molecular weight excluding hydrogens is 256 g/mol. The zero-order valence-electron chi connectivity index (χ0n) is 12.0. The third kappa shape index (κ3) is 3.49. The highest BCUT2D eigenvalue weighted by Gasteiger charge is 2.35. The maximum Gasteiger partial charge on any atom is 0.229 e. The highest BCUT2D eigenvalue weighted by Crippen LogP contribution is 2.18. The lowest BCUT2D eigenvalue weighted by Crippen LogP contribution is -2.44. The Labute approximate surface area is 119 Å². The number of amides is 1. The fourth-order valence-corrected chi connectivity index (χ4v) is 2.55. The van der Waals surface area contributed by atoms with E-state index >= 15 is 0 Å². The first-order valence-electron chi connectivity index (χ1n) is 6.95. The maximum atomic E-state index is 12.5. The number of hydrogen-bond acceptors (Lipinski definition) is 4. The molecule has 1 fully saturated rings. The lowest BCUT2D eigenvalue weighted by molar-refractivity contribution is -0.135. The van der Waals surface area contributed by atoms with E-state index in [0.29, 0.717) is 19.8 Å². The van der Waals surface area contributed by atoms with Crippen molar-refractivity contribution in [2.24, 2.45) is 5.92 Å². The first kappa shape index (κ1) is 14.8. The highest BCUT2D eigenvalue weighted by atomic mass is 16.5. The second kappa shape index (κ2) is 6.72. The zero-order chi connectivity index (χ0) is 14.5. The molecule has 1 aliphatic rings. The summed E-state index contributed by atoms with van der Waals surface area (Å²) in [5.74, 6) is 0.173. The van der Waals surface area contributed by atoms with Gasteiger partial charge in [0.2, 0.25) is 5.91 Å². The third-order valence-corrected chi connectivity index (χ3v) is 3.57. The van der Waals surface area contributed by atoms with Crippen LogP contribution in [0.4, 0.5) is 0 Å². The van der Waals surface area contributed by atoms with Crippen LogP contribution in [0.1, 0.15) is 12.5 Å². The number of hydrogen-bond donors (Lipinski definition) is 2. The van der Waals surface area contributed by atoms with Gasteiger partial charge in [-0.15, -0.1) is 0 Å². The summed E-state index contributed by atoms with van der Waals surface area (Å²) in [6, 6.07) is 7.08. The van der Waals surface area contributed by atoms with Crippen molar-refractivity contribution in [2.75, 3.05) is 26.8 Å². The Balaban J connectivity index is 1.98. The van der Waals surface area contributed by atoms with Crippen LogP contribution in [0.5, 0.6) is 5.75 Å². The predicted molar refractivity (Wildman–Crippen MR) is 76.4 cm³/mol. The van der Waals surface area contributed by atoms with E-state index in [4.69, 9.17) is 4.74 Å². The van der Waals surface area contributed by atoms with Crippen LogP contribution in [0, 0.1) is 5.92 Å². The number of carbonyl (C=O) groups excluding carboxylic acids is 1. The third-order valence-electron chi connectivity index (χ3n) is 3.57. The van der Waals surface area contributed by atoms with E-state index in [1.165, 1.54) is 0 Å². The molecule has 2 rings (SSSR count). The minimum absolute atomic E-state index is 0.0804. The fraction of sp³-hybridized carbons (Fsp3) is 0.533. The number of rotatable bonds is 5. The fourth-order valence-electron chi connectivity index (χ4n) is 2.55. The highest BCUT2D eigenvalue weighted by molar-refractivity contribution is 5.79. The molecule has 0 aromatic heterocycles. The number of carbonyl (C=O) groups is 1. The number of nitrogens with one attached hydrogen (secondary N) is 1. The Hall–Kier alpha value is -1.59. The standard InChI is InChI=1S/C15H22N2O3/c1-3-16-14-10-20-9-13(14)15(19)17(2)8-11-5-4-6-12(18)7-11/h4-7,13-14,16,18H,3,8-10H2,1-2H3. The number of nitrogens with zero attached hydrogens (tertiary/aromatic N) is 1. The van der Waals surface area contributed by atoms with Gasteiger partial charge < -0.3 is 20.1 Å². The average Bonchev–Trinajstić information content (AvgIpc) is 2.86. The molecule has 1 aromatic rings. The normalized spacial score (nSPS) is 21.9. The van der Waals surface area contributed by atoms with Crippen LogP contribution in [-0.2, 0) is 16.1 Å². The molecule has 20 heavy (non-hydrogen) atoms. The van der Waals surface area contributed by atoms with Gasteiger partial charge in [-0.25, -0.2) is 0 Å². The van der Waals surface area contributed by atoms with Gasteiger partial charge in [0.05, 0.1) is 19.1 Å². The maximum absolute atomic E-state index is 12.5. The van der Waals surface area contributed by atoms with Crippen LogP contribution in [0.15, 0.2) is 24.3 Å². The van der Waals surface area contributed by atoms with Crippen molar-refractivity contribution < 1.29 is 14.6 Å². The van der Waals surface area contributed by atoms with E-state index < -0.39 is 0 Å². The summed E-state index contributed by atoms with van der Waals surface area (Å²) >= 11 is 0. The summed E-state index contributed by atoms with van der Waals surface area (Å²) in [6.45, 7) is 4.40. The van der Waals surface area contributed by atoms with Crippen molar-refractivity contribution in [3.63, 3.8) is 0 Å². The van der Waals surface area contributed by atoms with Crippen LogP contribution in [-0.4, -0.2) is 48.8 Å². The molecule has 2 unspecified atom stereocenters. The van der Waals surface area contributed by atoms with E-state index in [-0.39, 0.29) is 23.6 Å². The summed E-state index contributed by atoms with van der Waals surface area (Å²) in [5.41, 5.74) is 0.916. The Morgan fingerprint density at radius 3 is 3.00 bits per heavy atom. The average molecular weight is 278 g/mol. The first-order chi connectivity index (χ1) is 9.61. The van der Waals surface area contributed by atoms with Gasteiger partial charge in [-0.3, -0.25) is 4.79 Å². The minimum atomic E-state index is -0.128. The molecule has 1 aliphatic heterocycles. The smallest absolute Gasteiger partial charge is 0.229 e. The van der Waals surface area contributed by atoms with Crippen molar-refractivity contribution >= 4 is 5.91 Å². The number of phenolic OH excluding ortho intramolecular Hbond substituents is 1. The van der Waals surface area contributed by atoms with Crippen LogP contribution < -0.4 is 5.32 Å². The van der Waals surface area contributed by atoms with Gasteiger partial charge in [-0.2, -0.15) is 0 Å². The first-order valence-corrected chi connectivity index (χ1v) is 6.95. The summed E-state index contributed by atoms with van der Waals surface area (Å²) < 4.78 is 5.41. The van der Waals surface area contributed by atoms with Gasteiger partial charge in [0.15, 0.2) is 0 Å². The van der Waals surface area contributed by atoms with Gasteiger partial charge in [-0.1, -0.05) is 19.1 Å². The lowest BCUT2D eigenvalue weighted by atomic mass is 10.0. The summed E-state index contributed by atoms with van der Waals surface area (Å²) in [5, 5.41) is 12.7. The SMILES string of the molecule is CCNC1COCC1C(=O)N(C)Cc1cccc(O)c1. The summed E-state index contributed by atoms with van der Waals surface area (Å²) in [4.78, 5) is 14.2. The van der Waals surface area contributed by atoms with Crippen molar-refractivity contribution in [1.29, 1.82) is 0 Å². The van der Waals surface area contributed by atoms with Crippen LogP contribution in [0.25, 0.3) is 0 Å². The largest absolute Gasteiger partial charge is 0.508 e. The molecule has 1 amide bonds. The molecule has 0 aliphatic carbocycles. The molecule has 0 radical (unpaired) electrons. The van der Waals surface area contributed by atoms with Gasteiger partial charge in [0.1, 0.15) is 5.75 Å². The Kier molecular flexibility index (Phi) is 4.98. The van der Waals surface area contributed by atoms with Gasteiger partial charge in [0.25, 0.3) is 0 Å². The van der Waals surface area contributed by atoms with E-state index in [9.17, 15) is 9.90 Å². The Bertz CT molecular complexity index is 464. The van der Waals surface area contributed by atoms with E-state index in [1.807, 2.05) is 13.0 Å². The quantitative estimate of drug-likeness (QED) is 0.842. The number of benzene rings is 1. The molecule has 1 saturated heterocycles. The van der Waals surface area contributed by atoms with E-state index in [0.717, 1.165) is 12.1 Å². The van der Waals surface area contributed by atoms with Crippen molar-refractivity contribution in [1.82, 2.24) is 10.2 Å². The van der Waals surface area contributed by atoms with Gasteiger partial charge in [-0.05, 0) is 24.2 Å². The van der Waals surface area contributed by atoms with Gasteiger partial charge >= 0.3 is 0 Å². The molecule has 0 bridgehead atoms. The zero-order valence-corrected chi connectivity index (χ0v) is 12.0. The predicted octanol–water partition coefficient (Wildman–Crippen LogP) is 0.975. The topological polar surface area (TPSA) is 61.8 Å². The van der Waals surface area contributed by atoms with Crippen molar-refractivity contribution in [2.45, 2.75) is 19.5 Å². The van der Waals surface area contributed by atoms with E-state index in [1.54, 1.807) is 30.1 Å². The summed E-state index contributed by atoms with van der Waals surface area (Å²) in [7, 11) is 1.79. The minimum Gasteiger partial charge on any atom is -0.508 e. The molecule has 1 aromatic carbocycles. The molecule has 2 atom stereocenters. The van der Waals surface area contributed by atoms with Crippen LogP contribution >= 0.6 is 0 Å². The molecular formula is C15H22N2O3. The van der Waals surface area contributed by atoms with Gasteiger partial charge in [0, 0.05) is 19.6 Å². The number of ether oxygens (including phenoxy) is 1. The second-order valence-electron chi connectivity index (χ2n) is 5.17. The molecule has 5 heteroatoms. The molecule has 0 spiro atoms. The number of phenols is 1. The molecule has 110 valence electrons.